The maximum absolute atomic E-state index is 12.9. The normalized spacial score (nSPS) is 14.0. The molecule has 0 fully saturated rings. The average molecular weight is 336 g/mol. The van der Waals surface area contributed by atoms with Crippen molar-refractivity contribution in [2.75, 3.05) is 0 Å². The van der Waals surface area contributed by atoms with Gasteiger partial charge in [0, 0.05) is 0 Å². The summed E-state index contributed by atoms with van der Waals surface area (Å²) in [6.07, 6.45) is 1.91. The van der Waals surface area contributed by atoms with E-state index < -0.39 is 18.0 Å². The van der Waals surface area contributed by atoms with Crippen LogP contribution in [0.5, 0.6) is 0 Å². The summed E-state index contributed by atoms with van der Waals surface area (Å²) in [5.74, 6) is -11.3. The van der Waals surface area contributed by atoms with E-state index in [0.717, 1.165) is 38.5 Å². The summed E-state index contributed by atoms with van der Waals surface area (Å²) in [6.45, 7) is 2.10. The molecule has 0 saturated carbocycles. The molecule has 132 valence electrons. The lowest BCUT2D eigenvalue weighted by Crippen LogP contribution is -2.50. The fourth-order valence-corrected chi connectivity index (χ4v) is 1.92. The third-order valence-corrected chi connectivity index (χ3v) is 3.33. The molecule has 0 aliphatic heterocycles. The smallest absolute Gasteiger partial charge is 0.195 e. The summed E-state index contributed by atoms with van der Waals surface area (Å²) < 4.78 is 86.5. The Morgan fingerprint density at radius 2 is 1.14 bits per heavy atom. The van der Waals surface area contributed by atoms with Crippen molar-refractivity contribution in [1.82, 2.24) is 0 Å². The van der Waals surface area contributed by atoms with Gasteiger partial charge in [-0.15, -0.1) is 0 Å². The molecule has 0 atom stereocenters. The van der Waals surface area contributed by atoms with E-state index in [0.29, 0.717) is 12.5 Å². The molecule has 0 aliphatic rings. The van der Waals surface area contributed by atoms with E-state index in [1.54, 1.807) is 0 Å². The first-order valence-electron chi connectivity index (χ1n) is 7.56. The van der Waals surface area contributed by atoms with Crippen LogP contribution in [0.2, 0.25) is 0 Å². The first-order valence-corrected chi connectivity index (χ1v) is 7.56. The van der Waals surface area contributed by atoms with Gasteiger partial charge in [-0.05, 0) is 18.9 Å². The van der Waals surface area contributed by atoms with Crippen molar-refractivity contribution >= 4 is 0 Å². The molecule has 0 bridgehead atoms. The van der Waals surface area contributed by atoms with Crippen LogP contribution in [-0.4, -0.2) is 18.0 Å². The van der Waals surface area contributed by atoms with Crippen LogP contribution in [0.25, 0.3) is 0 Å². The summed E-state index contributed by atoms with van der Waals surface area (Å²) >= 11 is 0. The molecule has 0 radical (unpaired) electrons. The van der Waals surface area contributed by atoms with Gasteiger partial charge in [0.1, 0.15) is 0 Å². The maximum atomic E-state index is 12.9. The highest BCUT2D eigenvalue weighted by Gasteiger charge is 2.71. The van der Waals surface area contributed by atoms with Crippen molar-refractivity contribution < 1.29 is 30.7 Å². The molecule has 0 nitrogen and oxygen atoms in total. The molecular weight excluding hydrogens is 313 g/mol. The van der Waals surface area contributed by atoms with Gasteiger partial charge < -0.3 is 0 Å². The molecular formula is C15H23F7. The number of allylic oxidation sites excluding steroid dienone is 2. The molecule has 22 heavy (non-hydrogen) atoms. The number of hydrogen-bond acceptors (Lipinski definition) is 0. The van der Waals surface area contributed by atoms with Crippen molar-refractivity contribution in [2.45, 2.75) is 82.7 Å². The van der Waals surface area contributed by atoms with Crippen LogP contribution in [0.3, 0.4) is 0 Å². The Morgan fingerprint density at radius 3 is 1.59 bits per heavy atom. The topological polar surface area (TPSA) is 0 Å². The summed E-state index contributed by atoms with van der Waals surface area (Å²) in [7, 11) is 0. The van der Waals surface area contributed by atoms with Gasteiger partial charge in [0.15, 0.2) is 0 Å². The minimum absolute atomic E-state index is 0.0679. The van der Waals surface area contributed by atoms with Crippen molar-refractivity contribution in [3.63, 3.8) is 0 Å². The number of alkyl halides is 7. The Bertz CT molecular complexity index is 318. The van der Waals surface area contributed by atoms with E-state index in [4.69, 9.17) is 0 Å². The van der Waals surface area contributed by atoms with E-state index in [1.807, 2.05) is 0 Å². The van der Waals surface area contributed by atoms with Crippen molar-refractivity contribution in [2.24, 2.45) is 0 Å². The van der Waals surface area contributed by atoms with Crippen LogP contribution in [0.15, 0.2) is 12.2 Å². The van der Waals surface area contributed by atoms with Gasteiger partial charge in [-0.3, -0.25) is 0 Å². The van der Waals surface area contributed by atoms with Crippen LogP contribution in [0.1, 0.15) is 64.7 Å². The quantitative estimate of drug-likeness (QED) is 0.218. The predicted octanol–water partition coefficient (Wildman–Crippen LogP) is 6.91. The largest absolute Gasteiger partial charge is 0.460 e. The lowest BCUT2D eigenvalue weighted by atomic mass is 10.1. The molecule has 0 amide bonds. The molecule has 0 aromatic carbocycles. The second kappa shape index (κ2) is 9.40. The molecule has 0 unspecified atom stereocenters. The fourth-order valence-electron chi connectivity index (χ4n) is 1.92. The molecule has 0 aromatic heterocycles. The maximum Gasteiger partial charge on any atom is 0.460 e. The summed E-state index contributed by atoms with van der Waals surface area (Å²) in [5.41, 5.74) is 0. The van der Waals surface area contributed by atoms with Gasteiger partial charge in [-0.2, -0.15) is 30.7 Å². The van der Waals surface area contributed by atoms with E-state index >= 15 is 0 Å². The monoisotopic (exact) mass is 336 g/mol. The lowest BCUT2D eigenvalue weighted by Gasteiger charge is -2.25. The minimum Gasteiger partial charge on any atom is -0.195 e. The third-order valence-electron chi connectivity index (χ3n) is 3.33. The third kappa shape index (κ3) is 7.01. The van der Waals surface area contributed by atoms with Crippen LogP contribution < -0.4 is 0 Å². The van der Waals surface area contributed by atoms with E-state index in [1.165, 1.54) is 6.42 Å². The number of hydrogen-bond donors (Lipinski definition) is 0. The Kier molecular flexibility index (Phi) is 9.08. The van der Waals surface area contributed by atoms with Gasteiger partial charge in [0.2, 0.25) is 0 Å². The zero-order valence-corrected chi connectivity index (χ0v) is 12.7. The summed E-state index contributed by atoms with van der Waals surface area (Å²) in [5, 5.41) is 0. The zero-order chi connectivity index (χ0) is 17.3. The lowest BCUT2D eigenvalue weighted by molar-refractivity contribution is -0.341. The summed E-state index contributed by atoms with van der Waals surface area (Å²) in [4.78, 5) is 0. The van der Waals surface area contributed by atoms with Crippen molar-refractivity contribution in [1.29, 1.82) is 0 Å². The van der Waals surface area contributed by atoms with E-state index in [-0.39, 0.29) is 12.5 Å². The Labute approximate surface area is 126 Å². The van der Waals surface area contributed by atoms with Gasteiger partial charge in [-0.25, -0.2) is 0 Å². The predicted molar refractivity (Wildman–Crippen MR) is 72.3 cm³/mol. The molecule has 0 spiro atoms. The fraction of sp³-hybridized carbons (Fsp3) is 0.867. The van der Waals surface area contributed by atoms with E-state index in [9.17, 15) is 30.7 Å². The Hall–Kier alpha value is -0.750. The standard InChI is InChI=1S/C15H23F7/c1-2-3-4-5-6-7-8-9-10-11-12-13(16,17)14(18,19)15(20,21)22/h11-12H,2-10H2,1H3/b12-11+. The highest BCUT2D eigenvalue weighted by molar-refractivity contribution is 5.05. The number of halogens is 7. The van der Waals surface area contributed by atoms with E-state index in [2.05, 4.69) is 6.92 Å². The first kappa shape index (κ1) is 21.2. The number of unbranched alkanes of at least 4 members (excludes halogenated alkanes) is 8. The molecule has 0 heterocycles. The Morgan fingerprint density at radius 1 is 0.682 bits per heavy atom. The molecule has 0 N–H and O–H groups in total. The number of rotatable bonds is 11. The van der Waals surface area contributed by atoms with Crippen LogP contribution >= 0.6 is 0 Å². The highest BCUT2D eigenvalue weighted by Crippen LogP contribution is 2.47. The van der Waals surface area contributed by atoms with Crippen molar-refractivity contribution in [3.05, 3.63) is 12.2 Å². The molecule has 0 aliphatic carbocycles. The summed E-state index contributed by atoms with van der Waals surface area (Å²) in [6, 6.07) is 0. The molecule has 7 heteroatoms. The van der Waals surface area contributed by atoms with Crippen molar-refractivity contribution in [3.8, 4) is 0 Å². The second-order valence-corrected chi connectivity index (χ2v) is 5.36. The minimum atomic E-state index is -6.26. The molecule has 0 aromatic rings. The average Bonchev–Trinajstić information content (AvgIpc) is 2.39. The molecule has 0 saturated heterocycles. The van der Waals surface area contributed by atoms with Gasteiger partial charge in [-0.1, -0.05) is 57.9 Å². The first-order chi connectivity index (χ1) is 10.1. The SMILES string of the molecule is CCCCCCCCCC/C=C/C(F)(F)C(F)(F)C(F)(F)F. The molecule has 0 rings (SSSR count). The van der Waals surface area contributed by atoms with Gasteiger partial charge >= 0.3 is 18.0 Å². The van der Waals surface area contributed by atoms with Gasteiger partial charge in [0.05, 0.1) is 0 Å². The second-order valence-electron chi connectivity index (χ2n) is 5.36. The highest BCUT2D eigenvalue weighted by atomic mass is 19.4. The zero-order valence-electron chi connectivity index (χ0n) is 12.7. The van der Waals surface area contributed by atoms with Crippen LogP contribution in [0.4, 0.5) is 30.7 Å². The Balaban J connectivity index is 3.98. The van der Waals surface area contributed by atoms with Crippen LogP contribution in [0, 0.1) is 0 Å². The van der Waals surface area contributed by atoms with Gasteiger partial charge in [0.25, 0.3) is 0 Å². The van der Waals surface area contributed by atoms with Crippen LogP contribution in [-0.2, 0) is 0 Å².